The molecule has 0 aliphatic carbocycles. The maximum Gasteiger partial charge on any atom is 0.138 e. The number of nitrogens with zero attached hydrogens (tertiary/aromatic N) is 1. The molecule has 2 rings (SSSR count). The number of halogens is 2. The zero-order valence-electron chi connectivity index (χ0n) is 11.0. The number of fused-ring (bicyclic) bond motifs is 1. The van der Waals surface area contributed by atoms with Crippen LogP contribution in [-0.2, 0) is 0 Å². The lowest BCUT2D eigenvalue weighted by Gasteiger charge is -2.16. The summed E-state index contributed by atoms with van der Waals surface area (Å²) in [5.41, 5.74) is 4.71. The monoisotopic (exact) mass is 310 g/mol. The van der Waals surface area contributed by atoms with Crippen molar-refractivity contribution >= 4 is 32.5 Å². The van der Waals surface area contributed by atoms with E-state index < -0.39 is 0 Å². The van der Waals surface area contributed by atoms with Gasteiger partial charge in [0.25, 0.3) is 0 Å². The van der Waals surface area contributed by atoms with Gasteiger partial charge < -0.3 is 5.32 Å². The van der Waals surface area contributed by atoms with Crippen LogP contribution >= 0.6 is 15.9 Å². The summed E-state index contributed by atoms with van der Waals surface area (Å²) in [5.74, 6) is -0.246. The fourth-order valence-electron chi connectivity index (χ4n) is 2.13. The Morgan fingerprint density at radius 2 is 2.00 bits per heavy atom. The second-order valence-corrected chi connectivity index (χ2v) is 5.23. The van der Waals surface area contributed by atoms with Crippen molar-refractivity contribution in [2.75, 3.05) is 11.9 Å². The van der Waals surface area contributed by atoms with E-state index in [0.29, 0.717) is 4.47 Å². The fourth-order valence-corrected chi connectivity index (χ4v) is 2.63. The van der Waals surface area contributed by atoms with E-state index in [2.05, 4.69) is 26.2 Å². The highest BCUT2D eigenvalue weighted by molar-refractivity contribution is 9.10. The lowest BCUT2D eigenvalue weighted by molar-refractivity contribution is 0.622. The van der Waals surface area contributed by atoms with E-state index in [1.54, 1.807) is 0 Å². The lowest BCUT2D eigenvalue weighted by Crippen LogP contribution is -2.04. The molecule has 2 nitrogen and oxygen atoms in total. The van der Waals surface area contributed by atoms with E-state index in [0.717, 1.165) is 40.0 Å². The first-order valence-electron chi connectivity index (χ1n) is 5.96. The number of hydrogen-bond acceptors (Lipinski definition) is 2. The molecule has 0 radical (unpaired) electrons. The lowest BCUT2D eigenvalue weighted by atomic mass is 10.0. The van der Waals surface area contributed by atoms with E-state index in [1.165, 1.54) is 6.07 Å². The van der Waals surface area contributed by atoms with Crippen LogP contribution in [0.2, 0.25) is 0 Å². The van der Waals surface area contributed by atoms with E-state index in [9.17, 15) is 4.39 Å². The number of pyridine rings is 1. The summed E-state index contributed by atoms with van der Waals surface area (Å²) in [4.78, 5) is 4.58. The van der Waals surface area contributed by atoms with Gasteiger partial charge in [0.15, 0.2) is 0 Å². The van der Waals surface area contributed by atoms with Crippen LogP contribution in [0.25, 0.3) is 10.9 Å². The van der Waals surface area contributed by atoms with Crippen LogP contribution in [0.3, 0.4) is 0 Å². The summed E-state index contributed by atoms with van der Waals surface area (Å²) >= 11 is 3.34. The largest absolute Gasteiger partial charge is 0.384 e. The Balaban J connectivity index is 2.97. The third-order valence-corrected chi connectivity index (χ3v) is 3.96. The predicted molar refractivity (Wildman–Crippen MR) is 77.8 cm³/mol. The van der Waals surface area contributed by atoms with Gasteiger partial charge in [0.1, 0.15) is 5.82 Å². The molecule has 0 unspecified atom stereocenters. The van der Waals surface area contributed by atoms with Crippen LogP contribution in [0, 0.1) is 26.6 Å². The van der Waals surface area contributed by atoms with Crippen LogP contribution in [0.15, 0.2) is 10.5 Å². The average molecular weight is 311 g/mol. The molecule has 0 aliphatic rings. The van der Waals surface area contributed by atoms with Crippen LogP contribution in [0.5, 0.6) is 0 Å². The van der Waals surface area contributed by atoms with E-state index in [-0.39, 0.29) is 5.82 Å². The smallest absolute Gasteiger partial charge is 0.138 e. The van der Waals surface area contributed by atoms with Gasteiger partial charge in [-0.15, -0.1) is 0 Å². The Labute approximate surface area is 115 Å². The van der Waals surface area contributed by atoms with E-state index >= 15 is 0 Å². The quantitative estimate of drug-likeness (QED) is 0.883. The second kappa shape index (κ2) is 4.84. The van der Waals surface area contributed by atoms with Gasteiger partial charge in [0.05, 0.1) is 9.99 Å². The molecular formula is C14H16BrFN2. The van der Waals surface area contributed by atoms with Crippen LogP contribution in [0.1, 0.15) is 23.7 Å². The number of rotatable bonds is 2. The molecule has 4 heteroatoms. The molecule has 0 atom stereocenters. The summed E-state index contributed by atoms with van der Waals surface area (Å²) in [6.45, 7) is 8.69. The Morgan fingerprint density at radius 1 is 1.33 bits per heavy atom. The molecule has 0 spiro atoms. The summed E-state index contributed by atoms with van der Waals surface area (Å²) in [5, 5.41) is 4.15. The van der Waals surface area contributed by atoms with Gasteiger partial charge in [-0.05, 0) is 60.8 Å². The first-order chi connectivity index (χ1) is 8.47. The third-order valence-electron chi connectivity index (χ3n) is 3.18. The summed E-state index contributed by atoms with van der Waals surface area (Å²) < 4.78 is 14.3. The highest BCUT2D eigenvalue weighted by Gasteiger charge is 2.16. The molecule has 0 aliphatic heterocycles. The molecule has 96 valence electrons. The fraction of sp³-hybridized carbons (Fsp3) is 0.357. The van der Waals surface area contributed by atoms with E-state index in [1.807, 2.05) is 27.7 Å². The van der Waals surface area contributed by atoms with Crippen LogP contribution < -0.4 is 5.32 Å². The molecule has 0 amide bonds. The minimum atomic E-state index is -0.246. The Kier molecular flexibility index (Phi) is 3.57. The molecule has 0 bridgehead atoms. The average Bonchev–Trinajstić information content (AvgIpc) is 2.32. The van der Waals surface area contributed by atoms with Crippen molar-refractivity contribution in [3.63, 3.8) is 0 Å². The summed E-state index contributed by atoms with van der Waals surface area (Å²) in [6, 6.07) is 1.52. The minimum Gasteiger partial charge on any atom is -0.384 e. The van der Waals surface area contributed by atoms with Gasteiger partial charge in [0.2, 0.25) is 0 Å². The first-order valence-corrected chi connectivity index (χ1v) is 6.76. The number of anilines is 1. The Hall–Kier alpha value is -1.16. The van der Waals surface area contributed by atoms with Crippen molar-refractivity contribution in [2.24, 2.45) is 0 Å². The molecule has 1 aromatic carbocycles. The Morgan fingerprint density at radius 3 is 2.61 bits per heavy atom. The molecule has 0 saturated carbocycles. The molecule has 1 N–H and O–H groups in total. The number of aryl methyl sites for hydroxylation is 2. The van der Waals surface area contributed by atoms with Gasteiger partial charge in [-0.1, -0.05) is 0 Å². The number of hydrogen-bond donors (Lipinski definition) is 1. The molecule has 1 heterocycles. The highest BCUT2D eigenvalue weighted by atomic mass is 79.9. The van der Waals surface area contributed by atoms with Crippen LogP contribution in [-0.4, -0.2) is 11.5 Å². The highest BCUT2D eigenvalue weighted by Crippen LogP contribution is 2.36. The van der Waals surface area contributed by atoms with Gasteiger partial charge >= 0.3 is 0 Å². The molecule has 0 saturated heterocycles. The maximum absolute atomic E-state index is 13.9. The topological polar surface area (TPSA) is 24.9 Å². The zero-order chi connectivity index (χ0) is 13.4. The van der Waals surface area contributed by atoms with Crippen molar-refractivity contribution in [2.45, 2.75) is 27.7 Å². The molecular weight excluding hydrogens is 295 g/mol. The first kappa shape index (κ1) is 13.3. The van der Waals surface area contributed by atoms with Gasteiger partial charge in [-0.3, -0.25) is 4.98 Å². The van der Waals surface area contributed by atoms with Crippen molar-refractivity contribution in [1.29, 1.82) is 0 Å². The second-order valence-electron chi connectivity index (χ2n) is 4.44. The van der Waals surface area contributed by atoms with Gasteiger partial charge in [0, 0.05) is 23.3 Å². The van der Waals surface area contributed by atoms with Crippen molar-refractivity contribution in [3.05, 3.63) is 33.2 Å². The van der Waals surface area contributed by atoms with Crippen LogP contribution in [0.4, 0.5) is 10.1 Å². The molecule has 0 fully saturated rings. The number of benzene rings is 1. The zero-order valence-corrected chi connectivity index (χ0v) is 12.6. The summed E-state index contributed by atoms with van der Waals surface area (Å²) in [7, 11) is 0. The van der Waals surface area contributed by atoms with E-state index in [4.69, 9.17) is 0 Å². The number of aromatic nitrogens is 1. The Bertz CT molecular complexity index is 623. The normalized spacial score (nSPS) is 11.0. The summed E-state index contributed by atoms with van der Waals surface area (Å²) in [6.07, 6.45) is 0. The van der Waals surface area contributed by atoms with Gasteiger partial charge in [-0.25, -0.2) is 4.39 Å². The van der Waals surface area contributed by atoms with Crippen molar-refractivity contribution < 1.29 is 4.39 Å². The predicted octanol–water partition coefficient (Wildman–Crippen LogP) is 4.49. The number of nitrogens with one attached hydrogen (secondary N) is 1. The SMILES string of the molecule is CCNc1c(C)c(C)nc2c(C)cc(F)c(Br)c12. The maximum atomic E-state index is 13.9. The van der Waals surface area contributed by atoms with Gasteiger partial charge in [-0.2, -0.15) is 0 Å². The standard InChI is InChI=1S/C14H16BrFN2/c1-5-17-14-8(3)9(4)18-13-7(2)6-10(16)12(15)11(13)14/h6H,5H2,1-4H3,(H,17,18). The van der Waals surface area contributed by atoms with Crippen molar-refractivity contribution in [1.82, 2.24) is 4.98 Å². The molecule has 18 heavy (non-hydrogen) atoms. The van der Waals surface area contributed by atoms with Crippen molar-refractivity contribution in [3.8, 4) is 0 Å². The minimum absolute atomic E-state index is 0.246. The molecule has 1 aromatic heterocycles. The molecule has 2 aromatic rings. The third kappa shape index (κ3) is 1.99.